The van der Waals surface area contributed by atoms with E-state index in [1.165, 1.54) is 17.7 Å². The van der Waals surface area contributed by atoms with Crippen molar-refractivity contribution < 1.29 is 0 Å². The van der Waals surface area contributed by atoms with E-state index in [1.54, 1.807) is 0 Å². The Morgan fingerprint density at radius 1 is 1.11 bits per heavy atom. The molecular formula is C11H10N6S. The van der Waals surface area contributed by atoms with Gasteiger partial charge in [0, 0.05) is 0 Å². The van der Waals surface area contributed by atoms with E-state index in [1.807, 2.05) is 24.3 Å². The number of nitrogen functional groups attached to an aromatic ring is 2. The highest BCUT2D eigenvalue weighted by molar-refractivity contribution is 7.22. The minimum Gasteiger partial charge on any atom is -0.393 e. The summed E-state index contributed by atoms with van der Waals surface area (Å²) < 4.78 is 1.10. The highest BCUT2D eigenvalue weighted by Gasteiger charge is 2.08. The van der Waals surface area contributed by atoms with E-state index in [2.05, 4.69) is 20.3 Å². The van der Waals surface area contributed by atoms with Gasteiger partial charge >= 0.3 is 0 Å². The van der Waals surface area contributed by atoms with E-state index in [0.29, 0.717) is 11.5 Å². The van der Waals surface area contributed by atoms with Gasteiger partial charge in [0.25, 0.3) is 0 Å². The lowest BCUT2D eigenvalue weighted by atomic mass is 10.3. The number of nitrogens with one attached hydrogen (secondary N) is 1. The summed E-state index contributed by atoms with van der Waals surface area (Å²) in [6, 6.07) is 7.88. The maximum Gasteiger partial charge on any atom is 0.189 e. The molecule has 18 heavy (non-hydrogen) atoms. The van der Waals surface area contributed by atoms with Crippen LogP contribution in [0.4, 0.5) is 22.5 Å². The molecule has 0 aliphatic rings. The zero-order chi connectivity index (χ0) is 12.5. The van der Waals surface area contributed by atoms with Crippen molar-refractivity contribution >= 4 is 44.0 Å². The second kappa shape index (κ2) is 4.11. The first-order valence-corrected chi connectivity index (χ1v) is 6.04. The number of nitrogens with two attached hydrogens (primary N) is 2. The van der Waals surface area contributed by atoms with E-state index in [0.717, 1.165) is 15.3 Å². The molecule has 0 aliphatic heterocycles. The van der Waals surface area contributed by atoms with Crippen LogP contribution in [-0.2, 0) is 0 Å². The van der Waals surface area contributed by atoms with Crippen molar-refractivity contribution in [1.82, 2.24) is 15.0 Å². The second-order valence-electron chi connectivity index (χ2n) is 3.63. The van der Waals surface area contributed by atoms with Crippen LogP contribution < -0.4 is 16.8 Å². The highest BCUT2D eigenvalue weighted by atomic mass is 32.1. The van der Waals surface area contributed by atoms with Crippen LogP contribution in [0.25, 0.3) is 10.2 Å². The monoisotopic (exact) mass is 258 g/mol. The fourth-order valence-corrected chi connectivity index (χ4v) is 2.40. The van der Waals surface area contributed by atoms with Gasteiger partial charge in [0.15, 0.2) is 16.8 Å². The number of thiazole rings is 1. The van der Waals surface area contributed by atoms with Crippen LogP contribution in [0, 0.1) is 0 Å². The second-order valence-corrected chi connectivity index (χ2v) is 4.66. The van der Waals surface area contributed by atoms with Gasteiger partial charge in [0.2, 0.25) is 0 Å². The fraction of sp³-hybridized carbons (Fsp3) is 0. The van der Waals surface area contributed by atoms with Crippen LogP contribution in [0.5, 0.6) is 0 Å². The van der Waals surface area contributed by atoms with Crippen molar-refractivity contribution in [3.8, 4) is 0 Å². The summed E-state index contributed by atoms with van der Waals surface area (Å²) in [7, 11) is 0. The SMILES string of the molecule is Nc1ncnc(Nc2nc3ccccc3s2)c1N. The van der Waals surface area contributed by atoms with E-state index in [9.17, 15) is 0 Å². The largest absolute Gasteiger partial charge is 0.393 e. The van der Waals surface area contributed by atoms with Crippen molar-refractivity contribution in [3.05, 3.63) is 30.6 Å². The van der Waals surface area contributed by atoms with Gasteiger partial charge in [-0.05, 0) is 12.1 Å². The Kier molecular flexibility index (Phi) is 2.45. The quantitative estimate of drug-likeness (QED) is 0.649. The van der Waals surface area contributed by atoms with Gasteiger partial charge in [-0.2, -0.15) is 0 Å². The van der Waals surface area contributed by atoms with Gasteiger partial charge < -0.3 is 16.8 Å². The zero-order valence-electron chi connectivity index (χ0n) is 9.29. The molecule has 5 N–H and O–H groups in total. The van der Waals surface area contributed by atoms with Gasteiger partial charge in [0.05, 0.1) is 10.2 Å². The number of fused-ring (bicyclic) bond motifs is 1. The molecule has 2 heterocycles. The number of benzene rings is 1. The number of rotatable bonds is 2. The Morgan fingerprint density at radius 3 is 2.78 bits per heavy atom. The molecule has 0 fully saturated rings. The molecule has 2 aromatic heterocycles. The van der Waals surface area contributed by atoms with Gasteiger partial charge in [-0.3, -0.25) is 0 Å². The summed E-state index contributed by atoms with van der Waals surface area (Å²) >= 11 is 1.53. The van der Waals surface area contributed by atoms with Gasteiger partial charge in [-0.15, -0.1) is 0 Å². The molecule has 0 unspecified atom stereocenters. The first kappa shape index (κ1) is 10.7. The molecule has 3 aromatic rings. The summed E-state index contributed by atoms with van der Waals surface area (Å²) in [5, 5.41) is 3.78. The summed E-state index contributed by atoms with van der Waals surface area (Å²) in [5.74, 6) is 0.732. The molecule has 0 bridgehead atoms. The minimum absolute atomic E-state index is 0.258. The van der Waals surface area contributed by atoms with Crippen molar-refractivity contribution in [3.63, 3.8) is 0 Å². The highest BCUT2D eigenvalue weighted by Crippen LogP contribution is 2.29. The lowest BCUT2D eigenvalue weighted by molar-refractivity contribution is 1.18. The molecule has 0 spiro atoms. The molecule has 7 heteroatoms. The smallest absolute Gasteiger partial charge is 0.189 e. The van der Waals surface area contributed by atoms with Crippen LogP contribution in [0.15, 0.2) is 30.6 Å². The Morgan fingerprint density at radius 2 is 1.94 bits per heavy atom. The summed E-state index contributed by atoms with van der Waals surface area (Å²) in [6.07, 6.45) is 1.36. The number of anilines is 4. The predicted molar refractivity (Wildman–Crippen MR) is 73.8 cm³/mol. The van der Waals surface area contributed by atoms with Gasteiger partial charge in [-0.25, -0.2) is 15.0 Å². The fourth-order valence-electron chi connectivity index (χ4n) is 1.54. The number of nitrogens with zero attached hydrogens (tertiary/aromatic N) is 3. The average molecular weight is 258 g/mol. The molecule has 0 amide bonds. The molecule has 0 saturated carbocycles. The molecule has 90 valence electrons. The standard InChI is InChI=1S/C11H10N6S/c12-8-9(13)14-5-15-10(8)17-11-16-6-3-1-2-4-7(6)18-11/h1-5H,12H2,(H3,13,14,15,16,17). The van der Waals surface area contributed by atoms with Gasteiger partial charge in [0.1, 0.15) is 12.0 Å². The maximum atomic E-state index is 5.79. The van der Waals surface area contributed by atoms with Crippen molar-refractivity contribution in [1.29, 1.82) is 0 Å². The first-order chi connectivity index (χ1) is 8.74. The maximum absolute atomic E-state index is 5.79. The number of hydrogen-bond acceptors (Lipinski definition) is 7. The molecule has 0 radical (unpaired) electrons. The summed E-state index contributed by atoms with van der Waals surface area (Å²) in [5.41, 5.74) is 12.7. The Balaban J connectivity index is 1.99. The normalized spacial score (nSPS) is 10.7. The molecular weight excluding hydrogens is 248 g/mol. The van der Waals surface area contributed by atoms with Crippen molar-refractivity contribution in [2.75, 3.05) is 16.8 Å². The van der Waals surface area contributed by atoms with E-state index in [4.69, 9.17) is 11.5 Å². The molecule has 3 rings (SSSR count). The van der Waals surface area contributed by atoms with Crippen LogP contribution in [0.2, 0.25) is 0 Å². The topological polar surface area (TPSA) is 103 Å². The molecule has 1 aromatic carbocycles. The molecule has 6 nitrogen and oxygen atoms in total. The Hall–Kier alpha value is -2.41. The van der Waals surface area contributed by atoms with E-state index in [-0.39, 0.29) is 5.82 Å². The summed E-state index contributed by atoms with van der Waals surface area (Å²) in [4.78, 5) is 12.3. The third-order valence-electron chi connectivity index (χ3n) is 2.43. The van der Waals surface area contributed by atoms with E-state index >= 15 is 0 Å². The first-order valence-electron chi connectivity index (χ1n) is 5.22. The molecule has 0 saturated heterocycles. The van der Waals surface area contributed by atoms with Gasteiger partial charge in [-0.1, -0.05) is 23.5 Å². The van der Waals surface area contributed by atoms with Crippen molar-refractivity contribution in [2.24, 2.45) is 0 Å². The zero-order valence-corrected chi connectivity index (χ0v) is 10.1. The third-order valence-corrected chi connectivity index (χ3v) is 3.39. The Bertz CT molecular complexity index is 675. The predicted octanol–water partition coefficient (Wildman–Crippen LogP) is 1.99. The summed E-state index contributed by atoms with van der Waals surface area (Å²) in [6.45, 7) is 0. The number of para-hydroxylation sites is 1. The number of hydrogen-bond donors (Lipinski definition) is 3. The third kappa shape index (κ3) is 1.80. The molecule has 0 aliphatic carbocycles. The number of aromatic nitrogens is 3. The molecule has 0 atom stereocenters. The van der Waals surface area contributed by atoms with Crippen molar-refractivity contribution in [2.45, 2.75) is 0 Å². The Labute approximate surface area is 107 Å². The van der Waals surface area contributed by atoms with E-state index < -0.39 is 0 Å². The minimum atomic E-state index is 0.258. The average Bonchev–Trinajstić information content (AvgIpc) is 2.77. The lowest BCUT2D eigenvalue weighted by Gasteiger charge is -2.05. The van der Waals surface area contributed by atoms with Crippen LogP contribution >= 0.6 is 11.3 Å². The van der Waals surface area contributed by atoms with Crippen LogP contribution in [-0.4, -0.2) is 15.0 Å². The van der Waals surface area contributed by atoms with Crippen LogP contribution in [0.1, 0.15) is 0 Å². The van der Waals surface area contributed by atoms with Crippen LogP contribution in [0.3, 0.4) is 0 Å². The lowest BCUT2D eigenvalue weighted by Crippen LogP contribution is -2.04.